The van der Waals surface area contributed by atoms with E-state index in [2.05, 4.69) is 4.98 Å². The monoisotopic (exact) mass is 261 g/mol. The fourth-order valence-corrected chi connectivity index (χ4v) is 2.83. The van der Waals surface area contributed by atoms with Crippen molar-refractivity contribution >= 4 is 32.4 Å². The van der Waals surface area contributed by atoms with Gasteiger partial charge in [-0.05, 0) is 16.8 Å². The van der Waals surface area contributed by atoms with Crippen molar-refractivity contribution in [2.24, 2.45) is 0 Å². The van der Waals surface area contributed by atoms with Gasteiger partial charge in [-0.25, -0.2) is 0 Å². The zero-order valence-electron chi connectivity index (χ0n) is 10.6. The lowest BCUT2D eigenvalue weighted by Gasteiger charge is -2.09. The molecule has 3 aromatic carbocycles. The number of aromatic amines is 1. The Bertz CT molecular complexity index is 1030. The number of hydrogen-bond donors (Lipinski definition) is 2. The molecule has 0 bridgehead atoms. The van der Waals surface area contributed by atoms with Crippen LogP contribution in [0.15, 0.2) is 59.4 Å². The molecule has 0 spiro atoms. The van der Waals surface area contributed by atoms with E-state index in [4.69, 9.17) is 0 Å². The first-order valence-electron chi connectivity index (χ1n) is 6.41. The lowest BCUT2D eigenvalue weighted by Crippen LogP contribution is -2.06. The Morgan fingerprint density at radius 2 is 1.35 bits per heavy atom. The number of aromatic nitrogens is 1. The first kappa shape index (κ1) is 11.1. The van der Waals surface area contributed by atoms with Gasteiger partial charge in [-0.15, -0.1) is 0 Å². The summed E-state index contributed by atoms with van der Waals surface area (Å²) < 4.78 is 0. The normalized spacial score (nSPS) is 11.4. The number of nitrogens with one attached hydrogen (secondary N) is 1. The summed E-state index contributed by atoms with van der Waals surface area (Å²) in [4.78, 5) is 15.0. The Morgan fingerprint density at radius 1 is 0.800 bits per heavy atom. The van der Waals surface area contributed by atoms with E-state index in [0.29, 0.717) is 10.9 Å². The minimum Gasteiger partial charge on any atom is -0.507 e. The van der Waals surface area contributed by atoms with E-state index in [1.54, 1.807) is 6.07 Å². The number of rotatable bonds is 0. The van der Waals surface area contributed by atoms with Gasteiger partial charge in [0.25, 0.3) is 5.56 Å². The van der Waals surface area contributed by atoms with Crippen molar-refractivity contribution < 1.29 is 5.11 Å². The van der Waals surface area contributed by atoms with E-state index in [1.165, 1.54) is 0 Å². The molecule has 0 unspecified atom stereocenters. The summed E-state index contributed by atoms with van der Waals surface area (Å²) in [6.07, 6.45) is 0. The van der Waals surface area contributed by atoms with E-state index in [9.17, 15) is 9.90 Å². The summed E-state index contributed by atoms with van der Waals surface area (Å²) in [5.41, 5.74) is 0.521. The highest BCUT2D eigenvalue weighted by atomic mass is 16.3. The molecular weight excluding hydrogens is 250 g/mol. The van der Waals surface area contributed by atoms with Crippen molar-refractivity contribution in [1.82, 2.24) is 4.98 Å². The van der Waals surface area contributed by atoms with Gasteiger partial charge in [-0.1, -0.05) is 42.5 Å². The molecule has 3 nitrogen and oxygen atoms in total. The standard InChI is InChI=1S/C17H11NO2/c19-15-9-14-16(11-6-2-1-5-10(11)15)12-7-3-4-8-13(12)17(20)18-14/h1-9,19H,(H,18,20). The molecule has 0 saturated carbocycles. The minimum absolute atomic E-state index is 0.136. The molecular formula is C17H11NO2. The SMILES string of the molecule is O=c1[nH]c2cc(O)c3ccccc3c2c2ccccc12. The lowest BCUT2D eigenvalue weighted by molar-refractivity contribution is 0.482. The molecule has 96 valence electrons. The number of phenolic OH excluding ortho intramolecular Hbond substituents is 1. The first-order valence-corrected chi connectivity index (χ1v) is 6.41. The topological polar surface area (TPSA) is 53.1 Å². The van der Waals surface area contributed by atoms with Crippen LogP contribution in [0.3, 0.4) is 0 Å². The molecule has 0 saturated heterocycles. The number of pyridine rings is 1. The molecule has 0 aliphatic rings. The van der Waals surface area contributed by atoms with Crippen LogP contribution in [-0.4, -0.2) is 10.1 Å². The molecule has 1 heterocycles. The third-order valence-corrected chi connectivity index (χ3v) is 3.71. The number of fused-ring (bicyclic) bond motifs is 5. The summed E-state index contributed by atoms with van der Waals surface area (Å²) in [6.45, 7) is 0. The third kappa shape index (κ3) is 1.37. The van der Waals surface area contributed by atoms with Gasteiger partial charge < -0.3 is 10.1 Å². The largest absolute Gasteiger partial charge is 0.507 e. The van der Waals surface area contributed by atoms with Gasteiger partial charge >= 0.3 is 0 Å². The molecule has 0 aliphatic carbocycles. The van der Waals surface area contributed by atoms with Crippen LogP contribution in [0.25, 0.3) is 32.4 Å². The zero-order chi connectivity index (χ0) is 13.7. The van der Waals surface area contributed by atoms with E-state index in [1.807, 2.05) is 48.5 Å². The summed E-state index contributed by atoms with van der Waals surface area (Å²) >= 11 is 0. The summed E-state index contributed by atoms with van der Waals surface area (Å²) in [5.74, 6) is 0.180. The highest BCUT2D eigenvalue weighted by Crippen LogP contribution is 2.34. The smallest absolute Gasteiger partial charge is 0.256 e. The first-order chi connectivity index (χ1) is 9.75. The minimum atomic E-state index is -0.136. The number of benzene rings is 3. The number of aromatic hydroxyl groups is 1. The van der Waals surface area contributed by atoms with Gasteiger partial charge in [-0.3, -0.25) is 4.79 Å². The van der Waals surface area contributed by atoms with Crippen LogP contribution in [0.1, 0.15) is 0 Å². The van der Waals surface area contributed by atoms with Crippen molar-refractivity contribution in [2.75, 3.05) is 0 Å². The van der Waals surface area contributed by atoms with Gasteiger partial charge in [0.15, 0.2) is 0 Å². The van der Waals surface area contributed by atoms with Gasteiger partial charge in [-0.2, -0.15) is 0 Å². The Hall–Kier alpha value is -2.81. The van der Waals surface area contributed by atoms with E-state index in [-0.39, 0.29) is 11.3 Å². The summed E-state index contributed by atoms with van der Waals surface area (Å²) in [6, 6.07) is 16.8. The van der Waals surface area contributed by atoms with Crippen LogP contribution in [0.4, 0.5) is 0 Å². The van der Waals surface area contributed by atoms with E-state index in [0.717, 1.165) is 21.5 Å². The maximum atomic E-state index is 12.1. The molecule has 3 heteroatoms. The number of H-pyrrole nitrogens is 1. The van der Waals surface area contributed by atoms with Crippen molar-refractivity contribution in [3.8, 4) is 5.75 Å². The highest BCUT2D eigenvalue weighted by Gasteiger charge is 2.10. The predicted octanol–water partition coefficient (Wildman–Crippen LogP) is 3.54. The molecule has 0 amide bonds. The van der Waals surface area contributed by atoms with Gasteiger partial charge in [0, 0.05) is 22.2 Å². The summed E-state index contributed by atoms with van der Waals surface area (Å²) in [5, 5.41) is 14.4. The Kier molecular flexibility index (Phi) is 2.12. The van der Waals surface area contributed by atoms with Crippen LogP contribution < -0.4 is 5.56 Å². The van der Waals surface area contributed by atoms with Crippen molar-refractivity contribution in [2.45, 2.75) is 0 Å². The zero-order valence-corrected chi connectivity index (χ0v) is 10.6. The average molecular weight is 261 g/mol. The molecule has 20 heavy (non-hydrogen) atoms. The third-order valence-electron chi connectivity index (χ3n) is 3.71. The van der Waals surface area contributed by atoms with Crippen molar-refractivity contribution in [1.29, 1.82) is 0 Å². The van der Waals surface area contributed by atoms with Gasteiger partial charge in [0.05, 0.1) is 5.52 Å². The molecule has 0 atom stereocenters. The van der Waals surface area contributed by atoms with Crippen LogP contribution in [0.5, 0.6) is 5.75 Å². The molecule has 4 rings (SSSR count). The molecule has 4 aromatic rings. The maximum absolute atomic E-state index is 12.1. The Balaban J connectivity index is 2.43. The fraction of sp³-hybridized carbons (Fsp3) is 0. The number of phenols is 1. The lowest BCUT2D eigenvalue weighted by atomic mass is 9.99. The van der Waals surface area contributed by atoms with Crippen molar-refractivity contribution in [3.05, 3.63) is 65.0 Å². The van der Waals surface area contributed by atoms with Crippen LogP contribution >= 0.6 is 0 Å². The average Bonchev–Trinajstić information content (AvgIpc) is 2.47. The quantitative estimate of drug-likeness (QED) is 0.476. The Labute approximate surface area is 114 Å². The second-order valence-electron chi connectivity index (χ2n) is 4.86. The number of hydrogen-bond acceptors (Lipinski definition) is 2. The van der Waals surface area contributed by atoms with Crippen LogP contribution in [-0.2, 0) is 0 Å². The molecule has 2 N–H and O–H groups in total. The van der Waals surface area contributed by atoms with E-state index < -0.39 is 0 Å². The fourth-order valence-electron chi connectivity index (χ4n) is 2.83. The molecule has 0 fully saturated rings. The highest BCUT2D eigenvalue weighted by molar-refractivity contribution is 6.20. The second-order valence-corrected chi connectivity index (χ2v) is 4.86. The predicted molar refractivity (Wildman–Crippen MR) is 81.2 cm³/mol. The van der Waals surface area contributed by atoms with Crippen molar-refractivity contribution in [3.63, 3.8) is 0 Å². The molecule has 0 radical (unpaired) electrons. The second kappa shape index (κ2) is 3.84. The summed E-state index contributed by atoms with van der Waals surface area (Å²) in [7, 11) is 0. The van der Waals surface area contributed by atoms with Gasteiger partial charge in [0.1, 0.15) is 5.75 Å². The molecule has 0 aliphatic heterocycles. The van der Waals surface area contributed by atoms with E-state index >= 15 is 0 Å². The van der Waals surface area contributed by atoms with Gasteiger partial charge in [0.2, 0.25) is 0 Å². The maximum Gasteiger partial charge on any atom is 0.256 e. The Morgan fingerprint density at radius 3 is 2.05 bits per heavy atom. The van der Waals surface area contributed by atoms with Crippen LogP contribution in [0.2, 0.25) is 0 Å². The molecule has 1 aromatic heterocycles. The van der Waals surface area contributed by atoms with Crippen LogP contribution in [0, 0.1) is 0 Å².